The summed E-state index contributed by atoms with van der Waals surface area (Å²) in [5.74, 6) is 0.504. The zero-order valence-electron chi connectivity index (χ0n) is 17.0. The first-order chi connectivity index (χ1) is 15.1. The molecular weight excluding hydrogens is 414 g/mol. The third-order valence-electron chi connectivity index (χ3n) is 4.13. The van der Waals surface area contributed by atoms with Crippen molar-refractivity contribution < 1.29 is 19.1 Å². The smallest absolute Gasteiger partial charge is 0.273 e. The molecule has 3 aromatic rings. The molecular formula is C23H21N3O4S. The highest BCUT2D eigenvalue weighted by molar-refractivity contribution is 7.13. The molecule has 158 valence electrons. The first-order valence-corrected chi connectivity index (χ1v) is 10.1. The molecule has 2 aromatic carbocycles. The second kappa shape index (κ2) is 10.7. The quantitative estimate of drug-likeness (QED) is 0.523. The van der Waals surface area contributed by atoms with Crippen LogP contribution in [0.1, 0.15) is 11.1 Å². The molecule has 0 unspecified atom stereocenters. The standard InChI is InChI=1S/C23H21N3O4S/c1-29-18-8-3-16(4-9-18)7-12-21(27)25-20(22(28)26-23-24-13-14-31-23)15-17-5-10-19(30-2)11-6-17/h3-15H,1-2H3,(H,25,27)(H,24,26,28)/b12-7+,20-15-. The number of anilines is 1. The number of hydrogen-bond acceptors (Lipinski definition) is 6. The number of benzene rings is 2. The summed E-state index contributed by atoms with van der Waals surface area (Å²) in [5, 5.41) is 7.51. The summed E-state index contributed by atoms with van der Waals surface area (Å²) in [5.41, 5.74) is 1.64. The van der Waals surface area contributed by atoms with Gasteiger partial charge in [-0.25, -0.2) is 4.98 Å². The van der Waals surface area contributed by atoms with E-state index in [9.17, 15) is 9.59 Å². The zero-order valence-corrected chi connectivity index (χ0v) is 17.8. The van der Waals surface area contributed by atoms with E-state index in [0.29, 0.717) is 10.9 Å². The summed E-state index contributed by atoms with van der Waals surface area (Å²) in [6.45, 7) is 0. The maximum atomic E-state index is 12.7. The molecule has 8 heteroatoms. The number of aromatic nitrogens is 1. The second-order valence-corrected chi connectivity index (χ2v) is 7.11. The van der Waals surface area contributed by atoms with Gasteiger partial charge in [0, 0.05) is 17.7 Å². The molecule has 0 radical (unpaired) electrons. The highest BCUT2D eigenvalue weighted by Gasteiger charge is 2.13. The van der Waals surface area contributed by atoms with E-state index >= 15 is 0 Å². The number of thiazole rings is 1. The van der Waals surface area contributed by atoms with Crippen molar-refractivity contribution in [2.45, 2.75) is 0 Å². The molecule has 1 aromatic heterocycles. The number of hydrogen-bond donors (Lipinski definition) is 2. The van der Waals surface area contributed by atoms with Gasteiger partial charge in [-0.05, 0) is 47.5 Å². The molecule has 0 aliphatic carbocycles. The summed E-state index contributed by atoms with van der Waals surface area (Å²) in [4.78, 5) is 29.2. The molecule has 1 heterocycles. The topological polar surface area (TPSA) is 89.5 Å². The predicted octanol–water partition coefficient (Wildman–Crippen LogP) is 3.97. The van der Waals surface area contributed by atoms with Gasteiger partial charge in [0.15, 0.2) is 5.13 Å². The van der Waals surface area contributed by atoms with Gasteiger partial charge in [-0.1, -0.05) is 24.3 Å². The van der Waals surface area contributed by atoms with Crippen LogP contribution in [0.25, 0.3) is 12.2 Å². The van der Waals surface area contributed by atoms with Gasteiger partial charge in [-0.15, -0.1) is 11.3 Å². The number of carbonyl (C=O) groups excluding carboxylic acids is 2. The maximum absolute atomic E-state index is 12.7. The van der Waals surface area contributed by atoms with Crippen molar-refractivity contribution in [1.29, 1.82) is 0 Å². The number of rotatable bonds is 8. The molecule has 7 nitrogen and oxygen atoms in total. The van der Waals surface area contributed by atoms with Crippen LogP contribution in [-0.4, -0.2) is 31.0 Å². The first-order valence-electron chi connectivity index (χ1n) is 9.27. The van der Waals surface area contributed by atoms with Crippen LogP contribution in [0.4, 0.5) is 5.13 Å². The lowest BCUT2D eigenvalue weighted by atomic mass is 10.1. The molecule has 0 saturated heterocycles. The van der Waals surface area contributed by atoms with Gasteiger partial charge in [0.05, 0.1) is 14.2 Å². The van der Waals surface area contributed by atoms with Crippen molar-refractivity contribution in [3.05, 3.63) is 83.0 Å². The van der Waals surface area contributed by atoms with Gasteiger partial charge < -0.3 is 14.8 Å². The fraction of sp³-hybridized carbons (Fsp3) is 0.0870. The Kier molecular flexibility index (Phi) is 7.56. The Morgan fingerprint density at radius 3 is 2.10 bits per heavy atom. The lowest BCUT2D eigenvalue weighted by molar-refractivity contribution is -0.118. The summed E-state index contributed by atoms with van der Waals surface area (Å²) >= 11 is 1.29. The summed E-state index contributed by atoms with van der Waals surface area (Å²) in [6, 6.07) is 14.4. The molecule has 0 aliphatic rings. The van der Waals surface area contributed by atoms with E-state index in [4.69, 9.17) is 9.47 Å². The van der Waals surface area contributed by atoms with Crippen LogP contribution in [0.5, 0.6) is 11.5 Å². The first kappa shape index (κ1) is 21.8. The molecule has 2 amide bonds. The number of carbonyl (C=O) groups is 2. The molecule has 0 atom stereocenters. The molecule has 0 aliphatic heterocycles. The molecule has 31 heavy (non-hydrogen) atoms. The minimum atomic E-state index is -0.475. The van der Waals surface area contributed by atoms with Crippen LogP contribution in [0.3, 0.4) is 0 Å². The fourth-order valence-corrected chi connectivity index (χ4v) is 3.06. The summed E-state index contributed by atoms with van der Waals surface area (Å²) in [7, 11) is 3.17. The van der Waals surface area contributed by atoms with Crippen molar-refractivity contribution in [3.63, 3.8) is 0 Å². The number of ether oxygens (including phenoxy) is 2. The molecule has 0 fully saturated rings. The van der Waals surface area contributed by atoms with Crippen molar-refractivity contribution in [1.82, 2.24) is 10.3 Å². The van der Waals surface area contributed by atoms with Gasteiger partial charge in [0.2, 0.25) is 5.91 Å². The summed E-state index contributed by atoms with van der Waals surface area (Å²) < 4.78 is 10.3. The minimum absolute atomic E-state index is 0.0877. The Balaban J connectivity index is 1.77. The number of amides is 2. The monoisotopic (exact) mass is 435 g/mol. The van der Waals surface area contributed by atoms with Crippen molar-refractivity contribution >= 4 is 40.4 Å². The lowest BCUT2D eigenvalue weighted by Crippen LogP contribution is -2.29. The lowest BCUT2D eigenvalue weighted by Gasteiger charge is -2.09. The summed E-state index contributed by atoms with van der Waals surface area (Å²) in [6.07, 6.45) is 6.18. The molecule has 0 saturated carbocycles. The van der Waals surface area contributed by atoms with Crippen LogP contribution in [0.15, 0.2) is 71.9 Å². The Hall–Kier alpha value is -3.91. The third kappa shape index (κ3) is 6.55. The number of nitrogens with one attached hydrogen (secondary N) is 2. The van der Waals surface area contributed by atoms with Gasteiger partial charge >= 0.3 is 0 Å². The van der Waals surface area contributed by atoms with E-state index in [-0.39, 0.29) is 5.70 Å². The molecule has 3 rings (SSSR count). The van der Waals surface area contributed by atoms with Crippen LogP contribution in [0, 0.1) is 0 Å². The SMILES string of the molecule is COc1ccc(/C=C(\NC(=O)/C=C/c2ccc(OC)cc2)C(=O)Nc2nccs2)cc1. The third-order valence-corrected chi connectivity index (χ3v) is 4.81. The second-order valence-electron chi connectivity index (χ2n) is 6.22. The van der Waals surface area contributed by atoms with Crippen molar-refractivity contribution in [2.24, 2.45) is 0 Å². The Morgan fingerprint density at radius 1 is 0.935 bits per heavy atom. The van der Waals surface area contributed by atoms with E-state index in [0.717, 1.165) is 16.9 Å². The highest BCUT2D eigenvalue weighted by atomic mass is 32.1. The average molecular weight is 436 g/mol. The predicted molar refractivity (Wildman–Crippen MR) is 122 cm³/mol. The van der Waals surface area contributed by atoms with Gasteiger partial charge in [0.25, 0.3) is 5.91 Å². The van der Waals surface area contributed by atoms with Crippen LogP contribution in [-0.2, 0) is 9.59 Å². The van der Waals surface area contributed by atoms with E-state index in [1.807, 2.05) is 12.1 Å². The molecule has 0 bridgehead atoms. The largest absolute Gasteiger partial charge is 0.497 e. The van der Waals surface area contributed by atoms with E-state index in [2.05, 4.69) is 15.6 Å². The Labute approximate surface area is 184 Å². The van der Waals surface area contributed by atoms with Gasteiger partial charge in [-0.2, -0.15) is 0 Å². The minimum Gasteiger partial charge on any atom is -0.497 e. The van der Waals surface area contributed by atoms with E-state index < -0.39 is 11.8 Å². The van der Waals surface area contributed by atoms with Crippen LogP contribution >= 0.6 is 11.3 Å². The van der Waals surface area contributed by atoms with E-state index in [1.54, 1.807) is 74.3 Å². The van der Waals surface area contributed by atoms with Crippen molar-refractivity contribution in [2.75, 3.05) is 19.5 Å². The normalized spacial score (nSPS) is 11.2. The Morgan fingerprint density at radius 2 is 1.55 bits per heavy atom. The maximum Gasteiger partial charge on any atom is 0.273 e. The van der Waals surface area contributed by atoms with Crippen LogP contribution in [0.2, 0.25) is 0 Å². The highest BCUT2D eigenvalue weighted by Crippen LogP contribution is 2.16. The van der Waals surface area contributed by atoms with Crippen LogP contribution < -0.4 is 20.1 Å². The van der Waals surface area contributed by atoms with E-state index in [1.165, 1.54) is 17.4 Å². The molecule has 2 N–H and O–H groups in total. The fourth-order valence-electron chi connectivity index (χ4n) is 2.54. The number of nitrogens with zero attached hydrogens (tertiary/aromatic N) is 1. The van der Waals surface area contributed by atoms with Gasteiger partial charge in [0.1, 0.15) is 17.2 Å². The Bertz CT molecular complexity index is 1070. The average Bonchev–Trinajstić information content (AvgIpc) is 3.31. The number of methoxy groups -OCH3 is 2. The zero-order chi connectivity index (χ0) is 22.1. The van der Waals surface area contributed by atoms with Gasteiger partial charge in [-0.3, -0.25) is 14.9 Å². The van der Waals surface area contributed by atoms with Crippen molar-refractivity contribution in [3.8, 4) is 11.5 Å². The molecule has 0 spiro atoms.